The molecule has 0 radical (unpaired) electrons. The maximum atomic E-state index is 13.6. The zero-order valence-corrected chi connectivity index (χ0v) is 24.9. The molecule has 38 heavy (non-hydrogen) atoms. The van der Waals surface area contributed by atoms with Gasteiger partial charge < -0.3 is 20.1 Å². The van der Waals surface area contributed by atoms with Gasteiger partial charge in [0.2, 0.25) is 5.91 Å². The number of nitrogens with one attached hydrogen (secondary N) is 1. The van der Waals surface area contributed by atoms with E-state index in [1.54, 1.807) is 13.2 Å². The van der Waals surface area contributed by atoms with Crippen LogP contribution in [-0.4, -0.2) is 49.2 Å². The number of nitrogens with two attached hydrogens (primary N) is 1. The van der Waals surface area contributed by atoms with E-state index in [-0.39, 0.29) is 59.6 Å². The number of carbonyl (C=O) groups excluding carboxylic acids is 2. The highest BCUT2D eigenvalue weighted by Crippen LogP contribution is 2.41. The van der Waals surface area contributed by atoms with Gasteiger partial charge >= 0.3 is 0 Å². The number of amides is 1. The van der Waals surface area contributed by atoms with Crippen molar-refractivity contribution in [1.82, 2.24) is 4.90 Å². The van der Waals surface area contributed by atoms with E-state index in [9.17, 15) is 9.59 Å². The Bertz CT molecular complexity index is 1110. The quantitative estimate of drug-likeness (QED) is 0.238. The van der Waals surface area contributed by atoms with Gasteiger partial charge in [-0.1, -0.05) is 64.4 Å². The maximum Gasteiger partial charge on any atom is 0.217 e. The van der Waals surface area contributed by atoms with E-state index in [0.717, 1.165) is 24.0 Å². The summed E-state index contributed by atoms with van der Waals surface area (Å²) < 4.78 is 11.7. The number of amidine groups is 1. The predicted octanol–water partition coefficient (Wildman–Crippen LogP) is 5.89. The largest absolute Gasteiger partial charge is 0.493 e. The van der Waals surface area contributed by atoms with Gasteiger partial charge in [-0.25, -0.2) is 0 Å². The minimum Gasteiger partial charge on any atom is -0.493 e. The Morgan fingerprint density at radius 1 is 1.16 bits per heavy atom. The molecule has 3 rings (SSSR count). The Balaban J connectivity index is 0.00000507. The third kappa shape index (κ3) is 7.59. The van der Waals surface area contributed by atoms with Crippen molar-refractivity contribution < 1.29 is 19.1 Å². The van der Waals surface area contributed by atoms with Gasteiger partial charge in [-0.3, -0.25) is 15.0 Å². The number of methoxy groups -OCH3 is 1. The number of Topliss-reactive ketones (excluding diaryl/α,β-unsaturated/α-hetero) is 1. The molecule has 0 bridgehead atoms. The number of hydrogen-bond donors (Lipinski definition) is 2. The molecule has 2 aromatic carbocycles. The predicted molar refractivity (Wildman–Crippen MR) is 157 cm³/mol. The number of likely N-dealkylation sites (tertiary alicyclic amines) is 1. The molecule has 0 spiro atoms. The second kappa shape index (κ2) is 13.8. The fourth-order valence-electron chi connectivity index (χ4n) is 5.11. The molecule has 1 fully saturated rings. The molecule has 1 heterocycles. The first-order chi connectivity index (χ1) is 17.6. The van der Waals surface area contributed by atoms with Crippen molar-refractivity contribution >= 4 is 34.5 Å². The molecule has 2 atom stereocenters. The molecule has 8 heteroatoms. The summed E-state index contributed by atoms with van der Waals surface area (Å²) >= 11 is 0. The summed E-state index contributed by atoms with van der Waals surface area (Å²) in [7, 11) is 1.59. The fraction of sp³-hybridized carbons (Fsp3) is 0.500. The molecule has 3 N–H and O–H groups in total. The van der Waals surface area contributed by atoms with Crippen LogP contribution in [0.15, 0.2) is 42.5 Å². The first-order valence-electron chi connectivity index (χ1n) is 13.1. The molecule has 7 nitrogen and oxygen atoms in total. The zero-order valence-electron chi connectivity index (χ0n) is 23.2. The third-order valence-electron chi connectivity index (χ3n) is 6.93. The standard InChI is InChI=1S/C30H41N3O4.BrH/c1-6-11-21-18-33(29(32)27(21)20-12-8-7-9-13-20)19-24(34)22-16-23(30(2,3)4)28(36-5)25(17-22)37-15-10-14-26(31)35;/h7-9,12-13,16-17,21,27,32H,6,10-11,14-15,18-19H2,1-5H3,(H2,31,35);1H. The van der Waals surface area contributed by atoms with Gasteiger partial charge in [0.15, 0.2) is 17.3 Å². The van der Waals surface area contributed by atoms with Crippen molar-refractivity contribution in [2.24, 2.45) is 11.7 Å². The van der Waals surface area contributed by atoms with Crippen molar-refractivity contribution in [3.8, 4) is 11.5 Å². The van der Waals surface area contributed by atoms with E-state index in [1.807, 2.05) is 29.2 Å². The first-order valence-corrected chi connectivity index (χ1v) is 13.1. The number of rotatable bonds is 12. The highest BCUT2D eigenvalue weighted by atomic mass is 79.9. The normalized spacial score (nSPS) is 17.2. The van der Waals surface area contributed by atoms with Crippen LogP contribution in [0, 0.1) is 11.3 Å². The van der Waals surface area contributed by atoms with Crippen molar-refractivity contribution in [3.05, 3.63) is 59.2 Å². The van der Waals surface area contributed by atoms with Gasteiger partial charge in [0.1, 0.15) is 5.84 Å². The molecule has 1 saturated heterocycles. The van der Waals surface area contributed by atoms with Gasteiger partial charge in [-0.15, -0.1) is 17.0 Å². The van der Waals surface area contributed by atoms with E-state index in [1.165, 1.54) is 0 Å². The van der Waals surface area contributed by atoms with E-state index >= 15 is 0 Å². The van der Waals surface area contributed by atoms with Crippen molar-refractivity contribution in [2.75, 3.05) is 26.8 Å². The summed E-state index contributed by atoms with van der Waals surface area (Å²) in [6.07, 6.45) is 2.75. The lowest BCUT2D eigenvalue weighted by molar-refractivity contribution is -0.118. The van der Waals surface area contributed by atoms with E-state index in [2.05, 4.69) is 39.8 Å². The van der Waals surface area contributed by atoms with Crippen molar-refractivity contribution in [2.45, 2.75) is 64.7 Å². The summed E-state index contributed by atoms with van der Waals surface area (Å²) in [5, 5.41) is 8.95. The lowest BCUT2D eigenvalue weighted by atomic mass is 9.84. The number of halogens is 1. The molecule has 0 aliphatic carbocycles. The second-order valence-corrected chi connectivity index (χ2v) is 10.8. The summed E-state index contributed by atoms with van der Waals surface area (Å²) in [5.74, 6) is 1.43. The van der Waals surface area contributed by atoms with E-state index < -0.39 is 0 Å². The van der Waals surface area contributed by atoms with Gasteiger partial charge in [-0.2, -0.15) is 0 Å². The average molecular weight is 589 g/mol. The van der Waals surface area contributed by atoms with E-state index in [4.69, 9.17) is 20.6 Å². The van der Waals surface area contributed by atoms with Crippen LogP contribution in [0.5, 0.6) is 11.5 Å². The molecular formula is C30H42BrN3O4. The average Bonchev–Trinajstić information content (AvgIpc) is 3.15. The number of carbonyl (C=O) groups is 2. The zero-order chi connectivity index (χ0) is 27.2. The summed E-state index contributed by atoms with van der Waals surface area (Å²) in [4.78, 5) is 26.6. The van der Waals surface area contributed by atoms with Gasteiger partial charge in [0, 0.05) is 30.0 Å². The van der Waals surface area contributed by atoms with Crippen LogP contribution in [0.1, 0.15) is 80.8 Å². The Morgan fingerprint density at radius 2 is 1.84 bits per heavy atom. The third-order valence-corrected chi connectivity index (χ3v) is 6.93. The van der Waals surface area contributed by atoms with Crippen LogP contribution in [0.4, 0.5) is 0 Å². The molecule has 1 aliphatic heterocycles. The van der Waals surface area contributed by atoms with Gasteiger partial charge in [0.05, 0.1) is 20.3 Å². The summed E-state index contributed by atoms with van der Waals surface area (Å²) in [6.45, 7) is 9.46. The Hall–Kier alpha value is -2.87. The smallest absolute Gasteiger partial charge is 0.217 e. The van der Waals surface area contributed by atoms with Crippen LogP contribution in [0.2, 0.25) is 0 Å². The van der Waals surface area contributed by atoms with Gasteiger partial charge in [-0.05, 0) is 41.9 Å². The lowest BCUT2D eigenvalue weighted by Gasteiger charge is -2.25. The van der Waals surface area contributed by atoms with Crippen molar-refractivity contribution in [1.29, 1.82) is 5.41 Å². The van der Waals surface area contributed by atoms with Gasteiger partial charge in [0.25, 0.3) is 0 Å². The molecule has 2 unspecified atom stereocenters. The first kappa shape index (κ1) is 31.3. The number of primary amides is 1. The number of ether oxygens (including phenoxy) is 2. The fourth-order valence-corrected chi connectivity index (χ4v) is 5.11. The molecule has 1 aliphatic rings. The van der Waals surface area contributed by atoms with Crippen LogP contribution in [-0.2, 0) is 10.2 Å². The summed E-state index contributed by atoms with van der Waals surface area (Å²) in [5.41, 5.74) is 7.48. The molecule has 0 saturated carbocycles. The summed E-state index contributed by atoms with van der Waals surface area (Å²) in [6, 6.07) is 13.8. The minimum absolute atomic E-state index is 0. The molecule has 208 valence electrons. The topological polar surface area (TPSA) is 106 Å². The minimum atomic E-state index is -0.377. The number of nitrogens with zero attached hydrogens (tertiary/aromatic N) is 1. The molecule has 1 amide bonds. The van der Waals surface area contributed by atoms with Crippen LogP contribution in [0.25, 0.3) is 0 Å². The van der Waals surface area contributed by atoms with Crippen LogP contribution >= 0.6 is 17.0 Å². The van der Waals surface area contributed by atoms with Crippen molar-refractivity contribution in [3.63, 3.8) is 0 Å². The Morgan fingerprint density at radius 3 is 2.42 bits per heavy atom. The highest BCUT2D eigenvalue weighted by Gasteiger charge is 2.38. The molecule has 2 aromatic rings. The molecule has 0 aromatic heterocycles. The molecular weight excluding hydrogens is 546 g/mol. The number of ketones is 1. The Labute approximate surface area is 237 Å². The number of hydrogen-bond acceptors (Lipinski definition) is 5. The highest BCUT2D eigenvalue weighted by molar-refractivity contribution is 8.93. The van der Waals surface area contributed by atoms with Crippen LogP contribution in [0.3, 0.4) is 0 Å². The van der Waals surface area contributed by atoms with E-state index in [0.29, 0.717) is 41.8 Å². The second-order valence-electron chi connectivity index (χ2n) is 10.8. The SMILES string of the molecule is Br.CCCC1CN(CC(=O)c2cc(OCCCC(N)=O)c(OC)c(C(C)(C)C)c2)C(=N)C1c1ccccc1. The Kier molecular flexibility index (Phi) is 11.4. The lowest BCUT2D eigenvalue weighted by Crippen LogP contribution is -2.32. The maximum absolute atomic E-state index is 13.6. The number of benzene rings is 2. The van der Waals surface area contributed by atoms with Crippen LogP contribution < -0.4 is 15.2 Å². The monoisotopic (exact) mass is 587 g/mol.